The average molecular weight is 322 g/mol. The summed E-state index contributed by atoms with van der Waals surface area (Å²) in [5.74, 6) is 0.992. The second kappa shape index (κ2) is 6.27. The summed E-state index contributed by atoms with van der Waals surface area (Å²) in [6.07, 6.45) is 0.964. The zero-order chi connectivity index (χ0) is 14.8. The number of hydrogen-bond donors (Lipinski definition) is 1. The van der Waals surface area contributed by atoms with Gasteiger partial charge in [0.15, 0.2) is 0 Å². The Kier molecular flexibility index (Phi) is 4.39. The first-order valence-electron chi connectivity index (χ1n) is 7.13. The Bertz CT molecular complexity index is 657. The molecule has 1 unspecified atom stereocenters. The van der Waals surface area contributed by atoms with E-state index in [2.05, 4.69) is 24.4 Å². The van der Waals surface area contributed by atoms with E-state index < -0.39 is 0 Å². The molecule has 1 N–H and O–H groups in total. The van der Waals surface area contributed by atoms with Gasteiger partial charge in [-0.1, -0.05) is 54.4 Å². The largest absolute Gasteiger partial charge is 0.493 e. The van der Waals surface area contributed by atoms with Gasteiger partial charge in [-0.05, 0) is 35.4 Å². The van der Waals surface area contributed by atoms with Gasteiger partial charge in [0.2, 0.25) is 0 Å². The molecule has 0 saturated carbocycles. The van der Waals surface area contributed by atoms with Crippen LogP contribution in [0.5, 0.6) is 5.75 Å². The van der Waals surface area contributed by atoms with Gasteiger partial charge < -0.3 is 10.1 Å². The van der Waals surface area contributed by atoms with E-state index in [0.29, 0.717) is 10.0 Å². The van der Waals surface area contributed by atoms with E-state index in [-0.39, 0.29) is 6.04 Å². The molecular formula is C17H17Cl2NO. The van der Waals surface area contributed by atoms with E-state index >= 15 is 0 Å². The van der Waals surface area contributed by atoms with Crippen LogP contribution in [0.2, 0.25) is 10.0 Å². The first-order valence-corrected chi connectivity index (χ1v) is 7.89. The fourth-order valence-corrected chi connectivity index (χ4v) is 3.16. The Balaban J connectivity index is 2.03. The maximum Gasteiger partial charge on any atom is 0.122 e. The molecule has 0 bridgehead atoms. The third kappa shape index (κ3) is 2.89. The van der Waals surface area contributed by atoms with Crippen molar-refractivity contribution in [2.45, 2.75) is 19.4 Å². The standard InChI is InChI=1S/C17H17Cl2NO/c1-2-20-17(13-4-3-5-14(18)16(13)19)12-6-7-15-11(10-12)8-9-21-15/h3-7,10,17,20H,2,8-9H2,1H3. The second-order valence-electron chi connectivity index (χ2n) is 5.10. The molecule has 2 aromatic rings. The Morgan fingerprint density at radius 2 is 2.10 bits per heavy atom. The molecule has 0 aliphatic carbocycles. The predicted molar refractivity (Wildman–Crippen MR) is 87.6 cm³/mol. The van der Waals surface area contributed by atoms with Crippen LogP contribution >= 0.6 is 23.2 Å². The van der Waals surface area contributed by atoms with Gasteiger partial charge in [-0.15, -0.1) is 0 Å². The normalized spacial score (nSPS) is 14.6. The third-order valence-electron chi connectivity index (χ3n) is 3.75. The van der Waals surface area contributed by atoms with Crippen LogP contribution in [-0.4, -0.2) is 13.2 Å². The number of nitrogens with one attached hydrogen (secondary N) is 1. The monoisotopic (exact) mass is 321 g/mol. The van der Waals surface area contributed by atoms with Crippen LogP contribution in [0.1, 0.15) is 29.7 Å². The minimum absolute atomic E-state index is 0.0344. The summed E-state index contributed by atoms with van der Waals surface area (Å²) in [6.45, 7) is 3.70. The fraction of sp³-hybridized carbons (Fsp3) is 0.294. The van der Waals surface area contributed by atoms with E-state index in [1.807, 2.05) is 24.3 Å². The van der Waals surface area contributed by atoms with Gasteiger partial charge in [0.25, 0.3) is 0 Å². The molecule has 2 nitrogen and oxygen atoms in total. The summed E-state index contributed by atoms with van der Waals surface area (Å²) in [4.78, 5) is 0. The van der Waals surface area contributed by atoms with Crippen LogP contribution in [0.3, 0.4) is 0 Å². The molecule has 4 heteroatoms. The maximum atomic E-state index is 6.39. The Hall–Kier alpha value is -1.22. The smallest absolute Gasteiger partial charge is 0.122 e. The van der Waals surface area contributed by atoms with Gasteiger partial charge in [-0.2, -0.15) is 0 Å². The van der Waals surface area contributed by atoms with Crippen LogP contribution in [0.25, 0.3) is 0 Å². The summed E-state index contributed by atoms with van der Waals surface area (Å²) < 4.78 is 5.57. The van der Waals surface area contributed by atoms with Crippen molar-refractivity contribution < 1.29 is 4.74 Å². The van der Waals surface area contributed by atoms with Crippen LogP contribution < -0.4 is 10.1 Å². The lowest BCUT2D eigenvalue weighted by Crippen LogP contribution is -2.22. The Morgan fingerprint density at radius 1 is 1.24 bits per heavy atom. The number of rotatable bonds is 4. The van der Waals surface area contributed by atoms with Crippen molar-refractivity contribution >= 4 is 23.2 Å². The van der Waals surface area contributed by atoms with Crippen LogP contribution in [0.4, 0.5) is 0 Å². The van der Waals surface area contributed by atoms with Gasteiger partial charge in [0, 0.05) is 6.42 Å². The van der Waals surface area contributed by atoms with E-state index in [4.69, 9.17) is 27.9 Å². The molecule has 3 rings (SSSR count). The summed E-state index contributed by atoms with van der Waals surface area (Å²) in [6, 6.07) is 12.1. The molecule has 1 atom stereocenters. The molecule has 2 aromatic carbocycles. The van der Waals surface area contributed by atoms with Gasteiger partial charge in [-0.25, -0.2) is 0 Å². The molecule has 1 aliphatic rings. The summed E-state index contributed by atoms with van der Waals surface area (Å²) in [5.41, 5.74) is 3.45. The highest BCUT2D eigenvalue weighted by Crippen LogP contribution is 2.35. The minimum atomic E-state index is 0.0344. The number of benzene rings is 2. The number of halogens is 2. The number of ether oxygens (including phenoxy) is 1. The van der Waals surface area contributed by atoms with Gasteiger partial charge in [0.1, 0.15) is 5.75 Å². The quantitative estimate of drug-likeness (QED) is 0.886. The summed E-state index contributed by atoms with van der Waals surface area (Å²) >= 11 is 12.6. The van der Waals surface area contributed by atoms with Gasteiger partial charge in [0.05, 0.1) is 22.7 Å². The molecule has 0 fully saturated rings. The molecule has 0 spiro atoms. The van der Waals surface area contributed by atoms with Crippen molar-refractivity contribution in [3.05, 3.63) is 63.1 Å². The SMILES string of the molecule is CCNC(c1ccc2c(c1)CCO2)c1cccc(Cl)c1Cl. The van der Waals surface area contributed by atoms with Crippen molar-refractivity contribution in [2.24, 2.45) is 0 Å². The maximum absolute atomic E-state index is 6.39. The molecule has 1 heterocycles. The van der Waals surface area contributed by atoms with Crippen molar-refractivity contribution in [2.75, 3.05) is 13.2 Å². The lowest BCUT2D eigenvalue weighted by atomic mass is 9.96. The molecule has 110 valence electrons. The van der Waals surface area contributed by atoms with Crippen molar-refractivity contribution in [1.82, 2.24) is 5.32 Å². The highest BCUT2D eigenvalue weighted by atomic mass is 35.5. The van der Waals surface area contributed by atoms with Crippen molar-refractivity contribution in [3.63, 3.8) is 0 Å². The van der Waals surface area contributed by atoms with E-state index in [9.17, 15) is 0 Å². The predicted octanol–water partition coefficient (Wildman–Crippen LogP) is 4.63. The fourth-order valence-electron chi connectivity index (χ4n) is 2.74. The van der Waals surface area contributed by atoms with E-state index in [1.54, 1.807) is 0 Å². The summed E-state index contributed by atoms with van der Waals surface area (Å²) in [5, 5.41) is 4.69. The summed E-state index contributed by atoms with van der Waals surface area (Å²) in [7, 11) is 0. The lowest BCUT2D eigenvalue weighted by molar-refractivity contribution is 0.357. The molecule has 21 heavy (non-hydrogen) atoms. The van der Waals surface area contributed by atoms with Gasteiger partial charge in [-0.3, -0.25) is 0 Å². The zero-order valence-electron chi connectivity index (χ0n) is 11.8. The molecule has 1 aliphatic heterocycles. The topological polar surface area (TPSA) is 21.3 Å². The van der Waals surface area contributed by atoms with E-state index in [0.717, 1.165) is 30.9 Å². The molecular weight excluding hydrogens is 305 g/mol. The van der Waals surface area contributed by atoms with Crippen molar-refractivity contribution in [1.29, 1.82) is 0 Å². The number of fused-ring (bicyclic) bond motifs is 1. The average Bonchev–Trinajstić information content (AvgIpc) is 2.95. The van der Waals surface area contributed by atoms with Crippen LogP contribution in [0.15, 0.2) is 36.4 Å². The molecule has 0 amide bonds. The van der Waals surface area contributed by atoms with E-state index in [1.165, 1.54) is 11.1 Å². The number of hydrogen-bond acceptors (Lipinski definition) is 2. The Labute approximate surface area is 135 Å². The van der Waals surface area contributed by atoms with Crippen LogP contribution in [-0.2, 0) is 6.42 Å². The molecule has 0 aromatic heterocycles. The zero-order valence-corrected chi connectivity index (χ0v) is 13.3. The van der Waals surface area contributed by atoms with Crippen LogP contribution in [0, 0.1) is 0 Å². The molecule has 0 radical (unpaired) electrons. The van der Waals surface area contributed by atoms with Gasteiger partial charge >= 0.3 is 0 Å². The Morgan fingerprint density at radius 3 is 2.90 bits per heavy atom. The first kappa shape index (κ1) is 14.7. The highest BCUT2D eigenvalue weighted by Gasteiger charge is 2.20. The lowest BCUT2D eigenvalue weighted by Gasteiger charge is -2.21. The first-order chi connectivity index (χ1) is 10.2. The third-order valence-corrected chi connectivity index (χ3v) is 4.58. The highest BCUT2D eigenvalue weighted by molar-refractivity contribution is 6.42. The minimum Gasteiger partial charge on any atom is -0.493 e. The molecule has 0 saturated heterocycles. The second-order valence-corrected chi connectivity index (χ2v) is 5.88. The van der Waals surface area contributed by atoms with Crippen molar-refractivity contribution in [3.8, 4) is 5.75 Å².